The van der Waals surface area contributed by atoms with Crippen LogP contribution in [0.5, 0.6) is 5.75 Å². The minimum Gasteiger partial charge on any atom is -0.488 e. The van der Waals surface area contributed by atoms with E-state index < -0.39 is 36.1 Å². The first-order valence-electron chi connectivity index (χ1n) is 20.1. The van der Waals surface area contributed by atoms with Gasteiger partial charge in [-0.25, -0.2) is 23.7 Å². The standard InChI is InChI=1S/C46H44F2N8O6/c1-26(57)41-24-55(13-15-60-41)45(59)35-12-9-31(19-37(35)29-7-10-33(38(47)18-29)30-20-53-46(50)54-21-30)62-27(2)42-25-56(14-16-61-42)44(58)34-6-4-3-5-32(34)28-8-11-36(39(48)17-28)40-22-52-43(49)23-51-40/h3-12,17-23,26-27,41-42,57H,13-16,24-25H2,1-2H3,(H2,49,52)(H2,50,53,54). The zero-order valence-corrected chi connectivity index (χ0v) is 33.9. The van der Waals surface area contributed by atoms with Gasteiger partial charge in [-0.1, -0.05) is 36.4 Å². The number of halogens is 2. The second kappa shape index (κ2) is 18.0. The normalized spacial score (nSPS) is 17.6. The van der Waals surface area contributed by atoms with Gasteiger partial charge in [0.05, 0.1) is 44.0 Å². The molecule has 2 fully saturated rings. The van der Waals surface area contributed by atoms with Crippen LogP contribution in [0.15, 0.2) is 104 Å². The first kappa shape index (κ1) is 41.8. The highest BCUT2D eigenvalue weighted by Crippen LogP contribution is 2.35. The molecule has 0 radical (unpaired) electrons. The number of anilines is 2. The van der Waals surface area contributed by atoms with Gasteiger partial charge < -0.3 is 40.6 Å². The maximum absolute atomic E-state index is 15.8. The molecule has 2 aliphatic rings. The van der Waals surface area contributed by atoms with Crippen molar-refractivity contribution >= 4 is 23.6 Å². The number of ether oxygens (including phenoxy) is 3. The Kier molecular flexibility index (Phi) is 12.1. The minimum atomic E-state index is -0.788. The zero-order chi connectivity index (χ0) is 43.5. The molecule has 4 atom stereocenters. The predicted molar refractivity (Wildman–Crippen MR) is 228 cm³/mol. The Morgan fingerprint density at radius 3 is 1.95 bits per heavy atom. The summed E-state index contributed by atoms with van der Waals surface area (Å²) in [4.78, 5) is 47.7. The molecular weight excluding hydrogens is 799 g/mol. The molecule has 2 saturated heterocycles. The lowest BCUT2D eigenvalue weighted by Crippen LogP contribution is -2.50. The Morgan fingerprint density at radius 2 is 1.31 bits per heavy atom. The third-order valence-corrected chi connectivity index (χ3v) is 11.0. The monoisotopic (exact) mass is 842 g/mol. The lowest BCUT2D eigenvalue weighted by Gasteiger charge is -2.36. The van der Waals surface area contributed by atoms with Gasteiger partial charge in [0.25, 0.3) is 11.8 Å². The van der Waals surface area contributed by atoms with Crippen LogP contribution in [0.25, 0.3) is 44.6 Å². The highest BCUT2D eigenvalue weighted by atomic mass is 19.1. The van der Waals surface area contributed by atoms with Gasteiger partial charge in [-0.05, 0) is 78.6 Å². The maximum Gasteiger partial charge on any atom is 0.254 e. The second-order valence-corrected chi connectivity index (χ2v) is 15.2. The van der Waals surface area contributed by atoms with Crippen LogP contribution >= 0.6 is 0 Å². The van der Waals surface area contributed by atoms with Crippen LogP contribution < -0.4 is 16.2 Å². The van der Waals surface area contributed by atoms with Crippen molar-refractivity contribution < 1.29 is 37.7 Å². The number of aromatic nitrogens is 4. The summed E-state index contributed by atoms with van der Waals surface area (Å²) >= 11 is 0. The number of hydrogen-bond donors (Lipinski definition) is 3. The van der Waals surface area contributed by atoms with Crippen LogP contribution in [0.4, 0.5) is 20.5 Å². The molecule has 2 aliphatic heterocycles. The van der Waals surface area contributed by atoms with Crippen LogP contribution in [0.3, 0.4) is 0 Å². The van der Waals surface area contributed by atoms with E-state index in [-0.39, 0.29) is 61.0 Å². The number of morpholine rings is 2. The summed E-state index contributed by atoms with van der Waals surface area (Å²) in [6.07, 6.45) is 3.16. The summed E-state index contributed by atoms with van der Waals surface area (Å²) in [5, 5.41) is 10.2. The largest absolute Gasteiger partial charge is 0.488 e. The van der Waals surface area contributed by atoms with Crippen LogP contribution in [0, 0.1) is 11.6 Å². The van der Waals surface area contributed by atoms with E-state index in [9.17, 15) is 14.7 Å². The first-order chi connectivity index (χ1) is 29.9. The van der Waals surface area contributed by atoms with Crippen molar-refractivity contribution in [1.29, 1.82) is 0 Å². The fraction of sp³-hybridized carbons (Fsp3) is 0.261. The fourth-order valence-electron chi connectivity index (χ4n) is 7.63. The van der Waals surface area contributed by atoms with Crippen LogP contribution in [0.1, 0.15) is 34.6 Å². The molecule has 62 heavy (non-hydrogen) atoms. The van der Waals surface area contributed by atoms with Gasteiger partial charge in [0, 0.05) is 59.8 Å². The van der Waals surface area contributed by atoms with Gasteiger partial charge in [0.2, 0.25) is 5.95 Å². The average molecular weight is 843 g/mol. The fourth-order valence-corrected chi connectivity index (χ4v) is 7.63. The Labute approximate surface area is 356 Å². The molecule has 4 unspecified atom stereocenters. The molecule has 318 valence electrons. The van der Waals surface area contributed by atoms with Crippen LogP contribution in [-0.4, -0.2) is 110 Å². The molecule has 0 aliphatic carbocycles. The van der Waals surface area contributed by atoms with Crippen molar-refractivity contribution in [1.82, 2.24) is 29.7 Å². The van der Waals surface area contributed by atoms with Crippen molar-refractivity contribution in [3.63, 3.8) is 0 Å². The molecule has 2 aromatic heterocycles. The third-order valence-electron chi connectivity index (χ3n) is 11.0. The zero-order valence-electron chi connectivity index (χ0n) is 33.9. The summed E-state index contributed by atoms with van der Waals surface area (Å²) in [5.41, 5.74) is 15.2. The summed E-state index contributed by atoms with van der Waals surface area (Å²) < 4.78 is 49.6. The number of hydrogen-bond acceptors (Lipinski definition) is 12. The summed E-state index contributed by atoms with van der Waals surface area (Å²) in [6.45, 7) is 4.94. The van der Waals surface area contributed by atoms with Crippen LogP contribution in [0.2, 0.25) is 0 Å². The summed E-state index contributed by atoms with van der Waals surface area (Å²) in [5.74, 6) is -0.984. The number of rotatable bonds is 10. The van der Waals surface area contributed by atoms with Gasteiger partial charge in [-0.3, -0.25) is 14.6 Å². The first-order valence-corrected chi connectivity index (χ1v) is 20.1. The molecule has 6 aromatic rings. The minimum absolute atomic E-state index is 0.0620. The van der Waals surface area contributed by atoms with Crippen molar-refractivity contribution in [3.8, 4) is 50.4 Å². The number of carbonyl (C=O) groups is 2. The number of aliphatic hydroxyl groups excluding tert-OH is 1. The highest BCUT2D eigenvalue weighted by Gasteiger charge is 2.33. The Balaban J connectivity index is 1.03. The third kappa shape index (κ3) is 8.93. The predicted octanol–water partition coefficient (Wildman–Crippen LogP) is 5.91. The van der Waals surface area contributed by atoms with E-state index in [1.807, 2.05) is 6.92 Å². The van der Waals surface area contributed by atoms with Crippen molar-refractivity contribution in [2.45, 2.75) is 38.3 Å². The van der Waals surface area contributed by atoms with Crippen molar-refractivity contribution in [2.75, 3.05) is 50.9 Å². The van der Waals surface area contributed by atoms with E-state index in [1.54, 1.807) is 83.5 Å². The number of nitrogen functional groups attached to an aromatic ring is 2. The van der Waals surface area contributed by atoms with E-state index >= 15 is 8.78 Å². The summed E-state index contributed by atoms with van der Waals surface area (Å²) in [7, 11) is 0. The van der Waals surface area contributed by atoms with Gasteiger partial charge in [-0.2, -0.15) is 0 Å². The van der Waals surface area contributed by atoms with E-state index in [0.717, 1.165) is 0 Å². The second-order valence-electron chi connectivity index (χ2n) is 15.2. The number of carbonyl (C=O) groups excluding carboxylic acids is 2. The maximum atomic E-state index is 15.8. The van der Waals surface area contributed by atoms with Crippen molar-refractivity contribution in [2.24, 2.45) is 0 Å². The Morgan fingerprint density at radius 1 is 0.694 bits per heavy atom. The molecule has 16 heteroatoms. The topological polar surface area (TPSA) is 192 Å². The Bertz CT molecular complexity index is 2600. The molecule has 2 amide bonds. The molecule has 4 heterocycles. The number of aliphatic hydroxyl groups is 1. The molecular formula is C46H44F2N8O6. The van der Waals surface area contributed by atoms with Gasteiger partial charge >= 0.3 is 0 Å². The number of nitrogens with two attached hydrogens (primary N) is 2. The smallest absolute Gasteiger partial charge is 0.254 e. The SMILES string of the molecule is CC(O)C1CN(C(=O)c2ccc(OC(C)C3CN(C(=O)c4ccccc4-c4ccc(-c5cnc(N)cn5)c(F)c4)CCO3)cc2-c2ccc(-c3cnc(N)nc3)c(F)c2)CCO1. The number of amides is 2. The van der Waals surface area contributed by atoms with E-state index in [4.69, 9.17) is 25.7 Å². The molecule has 4 aromatic carbocycles. The molecule has 0 spiro atoms. The van der Waals surface area contributed by atoms with Gasteiger partial charge in [0.15, 0.2) is 0 Å². The highest BCUT2D eigenvalue weighted by molar-refractivity contribution is 6.02. The molecule has 0 saturated carbocycles. The molecule has 0 bridgehead atoms. The molecule has 5 N–H and O–H groups in total. The number of benzene rings is 4. The quantitative estimate of drug-likeness (QED) is 0.148. The molecule has 14 nitrogen and oxygen atoms in total. The summed E-state index contributed by atoms with van der Waals surface area (Å²) in [6, 6.07) is 21.4. The molecule has 8 rings (SSSR count). The van der Waals surface area contributed by atoms with E-state index in [2.05, 4.69) is 19.9 Å². The lowest BCUT2D eigenvalue weighted by atomic mass is 9.95. The average Bonchev–Trinajstić information content (AvgIpc) is 3.29. The lowest BCUT2D eigenvalue weighted by molar-refractivity contribution is -0.0745. The van der Waals surface area contributed by atoms with Crippen molar-refractivity contribution in [3.05, 3.63) is 126 Å². The number of nitrogens with zero attached hydrogens (tertiary/aromatic N) is 6. The van der Waals surface area contributed by atoms with E-state index in [0.29, 0.717) is 63.5 Å². The van der Waals surface area contributed by atoms with E-state index in [1.165, 1.54) is 36.9 Å². The van der Waals surface area contributed by atoms with Gasteiger partial charge in [0.1, 0.15) is 41.5 Å². The Hall–Kier alpha value is -6.88. The van der Waals surface area contributed by atoms with Gasteiger partial charge in [-0.15, -0.1) is 0 Å². The van der Waals surface area contributed by atoms with Crippen LogP contribution in [-0.2, 0) is 9.47 Å².